The first kappa shape index (κ1) is 14.0. The van der Waals surface area contributed by atoms with Crippen molar-refractivity contribution in [1.82, 2.24) is 5.32 Å². The third-order valence-corrected chi connectivity index (χ3v) is 3.46. The second-order valence-corrected chi connectivity index (χ2v) is 6.34. The molecule has 0 radical (unpaired) electrons. The van der Waals surface area contributed by atoms with Crippen LogP contribution in [0.25, 0.3) is 0 Å². The highest BCUT2D eigenvalue weighted by atomic mass is 32.2. The van der Waals surface area contributed by atoms with Crippen LogP contribution in [0.2, 0.25) is 0 Å². The number of hydrogen-bond donors (Lipinski definition) is 1. The van der Waals surface area contributed by atoms with E-state index in [1.807, 2.05) is 31.2 Å². The van der Waals surface area contributed by atoms with Crippen molar-refractivity contribution in [3.05, 3.63) is 29.8 Å². The fourth-order valence-corrected chi connectivity index (χ4v) is 1.98. The number of rotatable bonds is 6. The maximum absolute atomic E-state index is 11.0. The van der Waals surface area contributed by atoms with Gasteiger partial charge in [-0.05, 0) is 24.6 Å². The molecule has 1 aromatic rings. The Morgan fingerprint density at radius 1 is 1.41 bits per heavy atom. The van der Waals surface area contributed by atoms with Crippen LogP contribution in [0.1, 0.15) is 18.5 Å². The number of sulfone groups is 1. The molecule has 1 atom stereocenters. The monoisotopic (exact) mass is 257 g/mol. The molecule has 1 unspecified atom stereocenters. The van der Waals surface area contributed by atoms with Gasteiger partial charge < -0.3 is 10.1 Å². The van der Waals surface area contributed by atoms with Crippen LogP contribution in [0, 0.1) is 0 Å². The summed E-state index contributed by atoms with van der Waals surface area (Å²) < 4.78 is 27.1. The zero-order valence-corrected chi connectivity index (χ0v) is 11.3. The predicted octanol–water partition coefficient (Wildman–Crippen LogP) is 1.39. The van der Waals surface area contributed by atoms with Crippen molar-refractivity contribution in [1.29, 1.82) is 0 Å². The van der Waals surface area contributed by atoms with Crippen LogP contribution in [0.15, 0.2) is 24.3 Å². The zero-order chi connectivity index (χ0) is 12.9. The second kappa shape index (κ2) is 6.02. The van der Waals surface area contributed by atoms with Gasteiger partial charge in [0.05, 0.1) is 12.9 Å². The number of benzene rings is 1. The molecule has 0 fully saturated rings. The fraction of sp³-hybridized carbons (Fsp3) is 0.500. The quantitative estimate of drug-likeness (QED) is 0.836. The molecule has 0 bridgehead atoms. The van der Waals surface area contributed by atoms with Gasteiger partial charge in [0.2, 0.25) is 0 Å². The number of nitrogens with one attached hydrogen (secondary N) is 1. The molecule has 0 saturated carbocycles. The minimum Gasteiger partial charge on any atom is -0.497 e. The van der Waals surface area contributed by atoms with Crippen molar-refractivity contribution in [2.45, 2.75) is 13.0 Å². The molecule has 0 amide bonds. The minimum absolute atomic E-state index is 0.104. The first-order valence-corrected chi connectivity index (χ1v) is 7.53. The molecule has 1 rings (SSSR count). The van der Waals surface area contributed by atoms with Gasteiger partial charge in [-0.25, -0.2) is 8.42 Å². The largest absolute Gasteiger partial charge is 0.497 e. The normalized spacial score (nSPS) is 13.4. The van der Waals surface area contributed by atoms with Gasteiger partial charge in [-0.1, -0.05) is 12.1 Å². The third kappa shape index (κ3) is 5.19. The van der Waals surface area contributed by atoms with Crippen LogP contribution in [0.5, 0.6) is 5.75 Å². The average molecular weight is 257 g/mol. The third-order valence-electron chi connectivity index (χ3n) is 2.52. The van der Waals surface area contributed by atoms with Crippen molar-refractivity contribution in [2.24, 2.45) is 0 Å². The van der Waals surface area contributed by atoms with Gasteiger partial charge in [0.1, 0.15) is 15.6 Å². The summed E-state index contributed by atoms with van der Waals surface area (Å²) in [6.45, 7) is 2.45. The van der Waals surface area contributed by atoms with E-state index >= 15 is 0 Å². The number of methoxy groups -OCH3 is 1. The molecule has 0 aromatic heterocycles. The van der Waals surface area contributed by atoms with Crippen molar-refractivity contribution >= 4 is 9.84 Å². The van der Waals surface area contributed by atoms with Gasteiger partial charge in [0, 0.05) is 18.8 Å². The van der Waals surface area contributed by atoms with Crippen LogP contribution < -0.4 is 10.1 Å². The summed E-state index contributed by atoms with van der Waals surface area (Å²) in [5.74, 6) is 0.959. The van der Waals surface area contributed by atoms with Gasteiger partial charge in [-0.2, -0.15) is 0 Å². The smallest absolute Gasteiger partial charge is 0.148 e. The summed E-state index contributed by atoms with van der Waals surface area (Å²) in [5, 5.41) is 3.17. The molecule has 0 aliphatic heterocycles. The maximum atomic E-state index is 11.0. The summed E-state index contributed by atoms with van der Waals surface area (Å²) in [7, 11) is -1.28. The summed E-state index contributed by atoms with van der Waals surface area (Å²) in [6, 6.07) is 7.83. The van der Waals surface area contributed by atoms with Crippen LogP contribution in [0.3, 0.4) is 0 Å². The Morgan fingerprint density at radius 2 is 2.12 bits per heavy atom. The maximum Gasteiger partial charge on any atom is 0.148 e. The lowest BCUT2D eigenvalue weighted by molar-refractivity contribution is 0.413. The standard InChI is InChI=1S/C12H19NO3S/c1-10(13-7-8-17(3,14)15)11-5-4-6-12(9-11)16-2/h4-6,9-10,13H,7-8H2,1-3H3. The Bertz CT molecular complexity index is 457. The number of ether oxygens (including phenoxy) is 1. The van der Waals surface area contributed by atoms with E-state index in [4.69, 9.17) is 4.74 Å². The van der Waals surface area contributed by atoms with Crippen LogP contribution in [-0.2, 0) is 9.84 Å². The van der Waals surface area contributed by atoms with E-state index < -0.39 is 9.84 Å². The molecule has 0 aliphatic carbocycles. The molecule has 4 nitrogen and oxygen atoms in total. The highest BCUT2D eigenvalue weighted by molar-refractivity contribution is 7.90. The molecule has 0 aliphatic rings. The topological polar surface area (TPSA) is 55.4 Å². The fourth-order valence-electron chi connectivity index (χ4n) is 1.49. The van der Waals surface area contributed by atoms with Gasteiger partial charge >= 0.3 is 0 Å². The summed E-state index contributed by atoms with van der Waals surface area (Å²) in [6.07, 6.45) is 1.24. The van der Waals surface area contributed by atoms with Crippen LogP contribution in [-0.4, -0.2) is 34.1 Å². The average Bonchev–Trinajstić information content (AvgIpc) is 2.27. The van der Waals surface area contributed by atoms with E-state index in [0.717, 1.165) is 11.3 Å². The Balaban J connectivity index is 2.54. The van der Waals surface area contributed by atoms with Crippen molar-refractivity contribution in [3.8, 4) is 5.75 Å². The first-order valence-electron chi connectivity index (χ1n) is 5.47. The van der Waals surface area contributed by atoms with E-state index in [2.05, 4.69) is 5.32 Å². The van der Waals surface area contributed by atoms with E-state index in [-0.39, 0.29) is 11.8 Å². The number of hydrogen-bond acceptors (Lipinski definition) is 4. The first-order chi connectivity index (χ1) is 7.92. The molecule has 1 aromatic carbocycles. The van der Waals surface area contributed by atoms with E-state index in [0.29, 0.717) is 6.54 Å². The molecule has 1 N–H and O–H groups in total. The highest BCUT2D eigenvalue weighted by Gasteiger charge is 2.07. The lowest BCUT2D eigenvalue weighted by atomic mass is 10.1. The molecule has 0 spiro atoms. The Labute approximate surface area is 103 Å². The van der Waals surface area contributed by atoms with Crippen molar-refractivity contribution < 1.29 is 13.2 Å². The molecule has 96 valence electrons. The summed E-state index contributed by atoms with van der Waals surface area (Å²) in [4.78, 5) is 0. The Kier molecular flexibility index (Phi) is 4.96. The van der Waals surface area contributed by atoms with Crippen molar-refractivity contribution in [2.75, 3.05) is 25.7 Å². The Hall–Kier alpha value is -1.07. The molecule has 0 heterocycles. The van der Waals surface area contributed by atoms with E-state index in [1.54, 1.807) is 7.11 Å². The molecule has 5 heteroatoms. The summed E-state index contributed by atoms with van der Waals surface area (Å²) >= 11 is 0. The van der Waals surface area contributed by atoms with E-state index in [9.17, 15) is 8.42 Å². The predicted molar refractivity (Wildman–Crippen MR) is 69.1 cm³/mol. The lowest BCUT2D eigenvalue weighted by Gasteiger charge is -2.14. The van der Waals surface area contributed by atoms with Gasteiger partial charge in [-0.3, -0.25) is 0 Å². The highest BCUT2D eigenvalue weighted by Crippen LogP contribution is 2.18. The zero-order valence-electron chi connectivity index (χ0n) is 10.4. The molecule has 17 heavy (non-hydrogen) atoms. The minimum atomic E-state index is -2.90. The summed E-state index contributed by atoms with van der Waals surface area (Å²) in [5.41, 5.74) is 1.08. The van der Waals surface area contributed by atoms with E-state index in [1.165, 1.54) is 6.26 Å². The molecular formula is C12H19NO3S. The van der Waals surface area contributed by atoms with Gasteiger partial charge in [0.25, 0.3) is 0 Å². The van der Waals surface area contributed by atoms with Gasteiger partial charge in [0.15, 0.2) is 0 Å². The van der Waals surface area contributed by atoms with Crippen LogP contribution in [0.4, 0.5) is 0 Å². The molecular weight excluding hydrogens is 238 g/mol. The van der Waals surface area contributed by atoms with Crippen LogP contribution >= 0.6 is 0 Å². The van der Waals surface area contributed by atoms with Gasteiger partial charge in [-0.15, -0.1) is 0 Å². The van der Waals surface area contributed by atoms with Crippen molar-refractivity contribution in [3.63, 3.8) is 0 Å². The Morgan fingerprint density at radius 3 is 2.71 bits per heavy atom. The SMILES string of the molecule is COc1cccc(C(C)NCCS(C)(=O)=O)c1. The second-order valence-electron chi connectivity index (χ2n) is 4.08. The molecule has 0 saturated heterocycles. The lowest BCUT2D eigenvalue weighted by Crippen LogP contribution is -2.25.